The highest BCUT2D eigenvalue weighted by Crippen LogP contribution is 2.17. The molecule has 2 aromatic carbocycles. The van der Waals surface area contributed by atoms with Gasteiger partial charge in [-0.1, -0.05) is 42.5 Å². The van der Waals surface area contributed by atoms with Crippen molar-refractivity contribution in [3.8, 4) is 5.75 Å². The molecule has 0 amide bonds. The maximum absolute atomic E-state index is 5.57. The van der Waals surface area contributed by atoms with Crippen LogP contribution in [0, 0.1) is 0 Å². The highest BCUT2D eigenvalue weighted by atomic mass is 16.5. The molecule has 0 aromatic heterocycles. The van der Waals surface area contributed by atoms with Gasteiger partial charge < -0.3 is 15.0 Å². The summed E-state index contributed by atoms with van der Waals surface area (Å²) in [6, 6.07) is 19.2. The Kier molecular flexibility index (Phi) is 6.44. The van der Waals surface area contributed by atoms with Gasteiger partial charge in [-0.25, -0.2) is 0 Å². The molecule has 118 valence electrons. The Labute approximate surface area is 133 Å². The molecule has 22 heavy (non-hydrogen) atoms. The Bertz CT molecular complexity index is 554. The van der Waals surface area contributed by atoms with Gasteiger partial charge in [0.25, 0.3) is 0 Å². The molecule has 1 N–H and O–H groups in total. The fourth-order valence-corrected chi connectivity index (χ4v) is 2.49. The lowest BCUT2D eigenvalue weighted by Gasteiger charge is -2.23. The van der Waals surface area contributed by atoms with Crippen molar-refractivity contribution in [1.29, 1.82) is 0 Å². The number of rotatable bonds is 8. The van der Waals surface area contributed by atoms with Gasteiger partial charge in [0.1, 0.15) is 5.75 Å². The maximum Gasteiger partial charge on any atom is 0.119 e. The van der Waals surface area contributed by atoms with Crippen LogP contribution in [-0.2, 0) is 6.54 Å². The molecule has 3 heteroatoms. The molecule has 1 unspecified atom stereocenters. The second-order valence-corrected chi connectivity index (χ2v) is 5.69. The summed E-state index contributed by atoms with van der Waals surface area (Å²) in [5.41, 5.74) is 2.56. The van der Waals surface area contributed by atoms with Crippen LogP contribution in [-0.4, -0.2) is 32.1 Å². The molecular weight excluding hydrogens is 272 g/mol. The standard InChI is InChI=1S/C19H26N2O/c1-4-22-18-12-8-9-16(13-18)14-20-19(15-21(2)3)17-10-6-5-7-11-17/h5-13,19-20H,4,14-15H2,1-3H3. The highest BCUT2D eigenvalue weighted by Gasteiger charge is 2.11. The zero-order valence-electron chi connectivity index (χ0n) is 13.8. The number of ether oxygens (including phenoxy) is 1. The van der Waals surface area contributed by atoms with Crippen LogP contribution in [0.2, 0.25) is 0 Å². The van der Waals surface area contributed by atoms with Crippen LogP contribution >= 0.6 is 0 Å². The van der Waals surface area contributed by atoms with Crippen LogP contribution in [0.15, 0.2) is 54.6 Å². The van der Waals surface area contributed by atoms with Gasteiger partial charge in [0, 0.05) is 19.1 Å². The molecular formula is C19H26N2O. The van der Waals surface area contributed by atoms with Gasteiger partial charge >= 0.3 is 0 Å². The van der Waals surface area contributed by atoms with Crippen LogP contribution in [0.25, 0.3) is 0 Å². The van der Waals surface area contributed by atoms with Crippen molar-refractivity contribution in [3.05, 3.63) is 65.7 Å². The third-order valence-electron chi connectivity index (χ3n) is 3.51. The molecule has 2 rings (SSSR count). The quantitative estimate of drug-likeness (QED) is 0.807. The van der Waals surface area contributed by atoms with Crippen molar-refractivity contribution in [2.45, 2.75) is 19.5 Å². The molecule has 3 nitrogen and oxygen atoms in total. The van der Waals surface area contributed by atoms with Crippen molar-refractivity contribution in [2.75, 3.05) is 27.2 Å². The SMILES string of the molecule is CCOc1cccc(CNC(CN(C)C)c2ccccc2)c1. The Hall–Kier alpha value is -1.84. The van der Waals surface area contributed by atoms with E-state index in [-0.39, 0.29) is 0 Å². The fourth-order valence-electron chi connectivity index (χ4n) is 2.49. The summed E-state index contributed by atoms with van der Waals surface area (Å²) < 4.78 is 5.57. The van der Waals surface area contributed by atoms with Gasteiger partial charge in [0.05, 0.1) is 6.61 Å². The minimum absolute atomic E-state index is 0.312. The highest BCUT2D eigenvalue weighted by molar-refractivity contribution is 5.28. The number of nitrogens with one attached hydrogen (secondary N) is 1. The zero-order valence-corrected chi connectivity index (χ0v) is 13.8. The van der Waals surface area contributed by atoms with E-state index in [1.807, 2.05) is 19.1 Å². The number of hydrogen-bond acceptors (Lipinski definition) is 3. The van der Waals surface area contributed by atoms with E-state index in [4.69, 9.17) is 4.74 Å². The van der Waals surface area contributed by atoms with E-state index >= 15 is 0 Å². The Balaban J connectivity index is 2.03. The van der Waals surface area contributed by atoms with Gasteiger partial charge in [-0.2, -0.15) is 0 Å². The lowest BCUT2D eigenvalue weighted by Crippen LogP contribution is -2.30. The molecule has 0 saturated heterocycles. The summed E-state index contributed by atoms with van der Waals surface area (Å²) in [4.78, 5) is 2.21. The summed E-state index contributed by atoms with van der Waals surface area (Å²) in [6.45, 7) is 4.50. The van der Waals surface area contributed by atoms with Gasteiger partial charge in [0.2, 0.25) is 0 Å². The smallest absolute Gasteiger partial charge is 0.119 e. The first-order valence-corrected chi connectivity index (χ1v) is 7.84. The second kappa shape index (κ2) is 8.57. The number of likely N-dealkylation sites (N-methyl/N-ethyl adjacent to an activating group) is 1. The molecule has 0 heterocycles. The van der Waals surface area contributed by atoms with Gasteiger partial charge in [-0.3, -0.25) is 0 Å². The second-order valence-electron chi connectivity index (χ2n) is 5.69. The normalized spacial score (nSPS) is 12.4. The molecule has 0 saturated carbocycles. The van der Waals surface area contributed by atoms with Gasteiger partial charge in [0.15, 0.2) is 0 Å². The summed E-state index contributed by atoms with van der Waals surface area (Å²) in [7, 11) is 4.21. The van der Waals surface area contributed by atoms with E-state index in [9.17, 15) is 0 Å². The molecule has 0 spiro atoms. The largest absolute Gasteiger partial charge is 0.494 e. The molecule has 0 fully saturated rings. The topological polar surface area (TPSA) is 24.5 Å². The minimum atomic E-state index is 0.312. The molecule has 0 bridgehead atoms. The van der Waals surface area contributed by atoms with Gasteiger partial charge in [-0.05, 0) is 44.3 Å². The monoisotopic (exact) mass is 298 g/mol. The van der Waals surface area contributed by atoms with Crippen molar-refractivity contribution >= 4 is 0 Å². The molecule has 0 aliphatic carbocycles. The average Bonchev–Trinajstić information content (AvgIpc) is 2.53. The van der Waals surface area contributed by atoms with Crippen LogP contribution in [0.3, 0.4) is 0 Å². The minimum Gasteiger partial charge on any atom is -0.494 e. The Morgan fingerprint density at radius 3 is 2.50 bits per heavy atom. The van der Waals surface area contributed by atoms with E-state index in [0.29, 0.717) is 12.6 Å². The molecule has 0 radical (unpaired) electrons. The lowest BCUT2D eigenvalue weighted by molar-refractivity contribution is 0.336. The first-order valence-electron chi connectivity index (χ1n) is 7.84. The predicted octanol–water partition coefficient (Wildman–Crippen LogP) is 3.48. The molecule has 1 atom stereocenters. The van der Waals surface area contributed by atoms with Crippen LogP contribution in [0.5, 0.6) is 5.75 Å². The van der Waals surface area contributed by atoms with Crippen molar-refractivity contribution < 1.29 is 4.74 Å². The predicted molar refractivity (Wildman–Crippen MR) is 92.2 cm³/mol. The van der Waals surface area contributed by atoms with Crippen LogP contribution in [0.1, 0.15) is 24.1 Å². The van der Waals surface area contributed by atoms with E-state index in [2.05, 4.69) is 66.8 Å². The summed E-state index contributed by atoms with van der Waals surface area (Å²) >= 11 is 0. The van der Waals surface area contributed by atoms with Crippen LogP contribution in [0.4, 0.5) is 0 Å². The summed E-state index contributed by atoms with van der Waals surface area (Å²) in [6.07, 6.45) is 0. The number of hydrogen-bond donors (Lipinski definition) is 1. The van der Waals surface area contributed by atoms with Crippen LogP contribution < -0.4 is 10.1 Å². The Morgan fingerprint density at radius 1 is 1.05 bits per heavy atom. The number of benzene rings is 2. The maximum atomic E-state index is 5.57. The average molecular weight is 298 g/mol. The molecule has 0 aliphatic rings. The lowest BCUT2D eigenvalue weighted by atomic mass is 10.1. The zero-order chi connectivity index (χ0) is 15.8. The van der Waals surface area contributed by atoms with E-state index in [1.165, 1.54) is 11.1 Å². The third-order valence-corrected chi connectivity index (χ3v) is 3.51. The molecule has 0 aliphatic heterocycles. The van der Waals surface area contributed by atoms with Gasteiger partial charge in [-0.15, -0.1) is 0 Å². The first-order chi connectivity index (χ1) is 10.7. The third kappa shape index (κ3) is 5.17. The first kappa shape index (κ1) is 16.5. The summed E-state index contributed by atoms with van der Waals surface area (Å²) in [5.74, 6) is 0.936. The van der Waals surface area contributed by atoms with E-state index in [1.54, 1.807) is 0 Å². The Morgan fingerprint density at radius 2 is 1.82 bits per heavy atom. The fraction of sp³-hybridized carbons (Fsp3) is 0.368. The van der Waals surface area contributed by atoms with E-state index < -0.39 is 0 Å². The summed E-state index contributed by atoms with van der Waals surface area (Å²) in [5, 5.41) is 3.66. The van der Waals surface area contributed by atoms with E-state index in [0.717, 1.165) is 18.8 Å². The molecule has 2 aromatic rings. The van der Waals surface area contributed by atoms with Crippen molar-refractivity contribution in [2.24, 2.45) is 0 Å². The number of nitrogens with zero attached hydrogens (tertiary/aromatic N) is 1. The van der Waals surface area contributed by atoms with Crippen molar-refractivity contribution in [1.82, 2.24) is 10.2 Å². The van der Waals surface area contributed by atoms with Crippen molar-refractivity contribution in [3.63, 3.8) is 0 Å².